The van der Waals surface area contributed by atoms with E-state index in [1.54, 1.807) is 12.5 Å². The van der Waals surface area contributed by atoms with Crippen molar-refractivity contribution in [3.05, 3.63) is 54.4 Å². The second kappa shape index (κ2) is 8.15. The van der Waals surface area contributed by atoms with E-state index in [-0.39, 0.29) is 18.1 Å². The van der Waals surface area contributed by atoms with Gasteiger partial charge in [0, 0.05) is 28.8 Å². The van der Waals surface area contributed by atoms with Gasteiger partial charge in [-0.2, -0.15) is 0 Å². The molecule has 1 aliphatic rings. The van der Waals surface area contributed by atoms with Gasteiger partial charge < -0.3 is 14.5 Å². The van der Waals surface area contributed by atoms with Crippen LogP contribution in [0.1, 0.15) is 49.9 Å². The van der Waals surface area contributed by atoms with E-state index in [0.29, 0.717) is 11.7 Å². The summed E-state index contributed by atoms with van der Waals surface area (Å²) in [6.45, 7) is 4.14. The van der Waals surface area contributed by atoms with E-state index in [1.807, 2.05) is 36.4 Å². The molecule has 0 atom stereocenters. The molecule has 0 spiro atoms. The zero-order chi connectivity index (χ0) is 19.5. The summed E-state index contributed by atoms with van der Waals surface area (Å²) in [7, 11) is 0. The van der Waals surface area contributed by atoms with E-state index in [4.69, 9.17) is 9.15 Å². The standard InChI is InChI=1S/C23H26N2O3/c1-15(2)28-19-9-7-18(8-10-19)25-23(26)17-5-3-16(4-6-17)22-20-12-14-27-21(20)11-13-24-22/h3-6,11-15,18-19H,7-10H2,1-2H3,(H,25,26)/t18-,19-. The molecule has 0 aliphatic heterocycles. The number of aromatic nitrogens is 1. The number of ether oxygens (including phenoxy) is 1. The number of pyridine rings is 1. The number of nitrogens with zero attached hydrogens (tertiary/aromatic N) is 1. The van der Waals surface area contributed by atoms with Crippen molar-refractivity contribution < 1.29 is 13.9 Å². The van der Waals surface area contributed by atoms with Gasteiger partial charge in [0.1, 0.15) is 5.58 Å². The summed E-state index contributed by atoms with van der Waals surface area (Å²) in [6, 6.07) is 11.6. The van der Waals surface area contributed by atoms with Crippen LogP contribution in [0, 0.1) is 0 Å². The number of amides is 1. The average molecular weight is 378 g/mol. The molecule has 0 radical (unpaired) electrons. The second-order valence-electron chi connectivity index (χ2n) is 7.70. The Morgan fingerprint density at radius 1 is 1.11 bits per heavy atom. The highest BCUT2D eigenvalue weighted by molar-refractivity contribution is 5.96. The Morgan fingerprint density at radius 3 is 2.57 bits per heavy atom. The first-order valence-electron chi connectivity index (χ1n) is 9.99. The molecule has 1 amide bonds. The maximum atomic E-state index is 12.6. The van der Waals surface area contributed by atoms with Crippen molar-refractivity contribution in [2.24, 2.45) is 0 Å². The van der Waals surface area contributed by atoms with Gasteiger partial charge in [-0.1, -0.05) is 12.1 Å². The van der Waals surface area contributed by atoms with E-state index in [1.165, 1.54) is 0 Å². The lowest BCUT2D eigenvalue weighted by Crippen LogP contribution is -2.39. The van der Waals surface area contributed by atoms with E-state index in [9.17, 15) is 4.79 Å². The van der Waals surface area contributed by atoms with E-state index < -0.39 is 0 Å². The second-order valence-corrected chi connectivity index (χ2v) is 7.70. The highest BCUT2D eigenvalue weighted by atomic mass is 16.5. The minimum absolute atomic E-state index is 0.0192. The Labute approximate surface area is 165 Å². The first-order chi connectivity index (χ1) is 13.6. The molecule has 3 aromatic rings. The minimum atomic E-state index is -0.0192. The van der Waals surface area contributed by atoms with Crippen LogP contribution >= 0.6 is 0 Å². The van der Waals surface area contributed by atoms with Crippen LogP contribution in [-0.4, -0.2) is 29.1 Å². The van der Waals surface area contributed by atoms with Gasteiger partial charge in [0.15, 0.2) is 0 Å². The average Bonchev–Trinajstić information content (AvgIpc) is 3.18. The van der Waals surface area contributed by atoms with Crippen LogP contribution in [-0.2, 0) is 4.74 Å². The number of hydrogen-bond donors (Lipinski definition) is 1. The van der Waals surface area contributed by atoms with Crippen LogP contribution < -0.4 is 5.32 Å². The molecule has 28 heavy (non-hydrogen) atoms. The molecule has 1 saturated carbocycles. The number of carbonyl (C=O) groups excluding carboxylic acids is 1. The molecule has 1 fully saturated rings. The quantitative estimate of drug-likeness (QED) is 0.681. The SMILES string of the molecule is CC(C)O[C@H]1CC[C@H](NC(=O)c2ccc(-c3nccc4occc34)cc2)CC1. The van der Waals surface area contributed by atoms with Gasteiger partial charge in [0.2, 0.25) is 0 Å². The topological polar surface area (TPSA) is 64.4 Å². The van der Waals surface area contributed by atoms with Crippen molar-refractivity contribution in [1.82, 2.24) is 10.3 Å². The van der Waals surface area contributed by atoms with Crippen molar-refractivity contribution in [2.75, 3.05) is 0 Å². The zero-order valence-electron chi connectivity index (χ0n) is 16.4. The van der Waals surface area contributed by atoms with Crippen molar-refractivity contribution in [3.8, 4) is 11.3 Å². The maximum Gasteiger partial charge on any atom is 0.251 e. The number of nitrogens with one attached hydrogen (secondary N) is 1. The third kappa shape index (κ3) is 4.09. The minimum Gasteiger partial charge on any atom is -0.464 e. The molecule has 0 unspecified atom stereocenters. The first kappa shape index (κ1) is 18.7. The molecule has 2 aromatic heterocycles. The third-order valence-corrected chi connectivity index (χ3v) is 5.27. The molecule has 4 rings (SSSR count). The van der Waals surface area contributed by atoms with Crippen molar-refractivity contribution in [2.45, 2.75) is 57.8 Å². The van der Waals surface area contributed by atoms with E-state index >= 15 is 0 Å². The Hall–Kier alpha value is -2.66. The Morgan fingerprint density at radius 2 is 1.86 bits per heavy atom. The molecule has 1 aliphatic carbocycles. The molecule has 1 aromatic carbocycles. The molecule has 5 heteroatoms. The molecule has 0 saturated heterocycles. The van der Waals surface area contributed by atoms with Crippen LogP contribution in [0.3, 0.4) is 0 Å². The summed E-state index contributed by atoms with van der Waals surface area (Å²) in [6.07, 6.45) is 7.92. The fourth-order valence-corrected chi connectivity index (χ4v) is 3.90. The lowest BCUT2D eigenvalue weighted by Gasteiger charge is -2.30. The molecule has 5 nitrogen and oxygen atoms in total. The van der Waals surface area contributed by atoms with Gasteiger partial charge in [-0.15, -0.1) is 0 Å². The van der Waals surface area contributed by atoms with Crippen LogP contribution in [0.15, 0.2) is 53.3 Å². The zero-order valence-corrected chi connectivity index (χ0v) is 16.4. The molecule has 1 N–H and O–H groups in total. The van der Waals surface area contributed by atoms with Gasteiger partial charge >= 0.3 is 0 Å². The molecule has 2 heterocycles. The van der Waals surface area contributed by atoms with Crippen LogP contribution in [0.2, 0.25) is 0 Å². The lowest BCUT2D eigenvalue weighted by molar-refractivity contribution is -0.0159. The van der Waals surface area contributed by atoms with Gasteiger partial charge in [0.05, 0.1) is 24.2 Å². The van der Waals surface area contributed by atoms with Crippen LogP contribution in [0.5, 0.6) is 0 Å². The maximum absolute atomic E-state index is 12.6. The van der Waals surface area contributed by atoms with Gasteiger partial charge in [-0.05, 0) is 63.8 Å². The largest absolute Gasteiger partial charge is 0.464 e. The van der Waals surface area contributed by atoms with Gasteiger partial charge in [-0.25, -0.2) is 0 Å². The van der Waals surface area contributed by atoms with Gasteiger partial charge in [-0.3, -0.25) is 9.78 Å². The predicted octanol–water partition coefficient (Wildman–Crippen LogP) is 4.96. The van der Waals surface area contributed by atoms with Crippen molar-refractivity contribution >= 4 is 16.9 Å². The lowest BCUT2D eigenvalue weighted by atomic mass is 9.92. The Balaban J connectivity index is 1.39. The number of furan rings is 1. The molecule has 0 bridgehead atoms. The third-order valence-electron chi connectivity index (χ3n) is 5.27. The summed E-state index contributed by atoms with van der Waals surface area (Å²) in [5.74, 6) is -0.0192. The molecule has 146 valence electrons. The van der Waals surface area contributed by atoms with Gasteiger partial charge in [0.25, 0.3) is 5.91 Å². The van der Waals surface area contributed by atoms with Crippen molar-refractivity contribution in [1.29, 1.82) is 0 Å². The Bertz CT molecular complexity index is 938. The van der Waals surface area contributed by atoms with E-state index in [2.05, 4.69) is 24.1 Å². The number of rotatable bonds is 5. The number of hydrogen-bond acceptors (Lipinski definition) is 4. The number of fused-ring (bicyclic) bond motifs is 1. The smallest absolute Gasteiger partial charge is 0.251 e. The molecular weight excluding hydrogens is 352 g/mol. The number of carbonyl (C=O) groups is 1. The first-order valence-corrected chi connectivity index (χ1v) is 9.99. The predicted molar refractivity (Wildman–Crippen MR) is 109 cm³/mol. The summed E-state index contributed by atoms with van der Waals surface area (Å²) in [5, 5.41) is 4.14. The summed E-state index contributed by atoms with van der Waals surface area (Å²) in [5.41, 5.74) is 3.31. The number of benzene rings is 1. The van der Waals surface area contributed by atoms with Crippen LogP contribution in [0.25, 0.3) is 22.2 Å². The summed E-state index contributed by atoms with van der Waals surface area (Å²) < 4.78 is 11.3. The summed E-state index contributed by atoms with van der Waals surface area (Å²) in [4.78, 5) is 17.1. The Kier molecular flexibility index (Phi) is 5.44. The summed E-state index contributed by atoms with van der Waals surface area (Å²) >= 11 is 0. The normalized spacial score (nSPS) is 19.8. The highest BCUT2D eigenvalue weighted by Crippen LogP contribution is 2.27. The van der Waals surface area contributed by atoms with E-state index in [0.717, 1.165) is 47.9 Å². The van der Waals surface area contributed by atoms with Crippen LogP contribution in [0.4, 0.5) is 0 Å². The molecular formula is C23H26N2O3. The monoisotopic (exact) mass is 378 g/mol. The fourth-order valence-electron chi connectivity index (χ4n) is 3.90. The fraction of sp³-hybridized carbons (Fsp3) is 0.391. The highest BCUT2D eigenvalue weighted by Gasteiger charge is 2.23. The van der Waals surface area contributed by atoms with Crippen molar-refractivity contribution in [3.63, 3.8) is 0 Å².